The van der Waals surface area contributed by atoms with Crippen molar-refractivity contribution in [1.82, 2.24) is 9.13 Å². The molecule has 0 unspecified atom stereocenters. The molecule has 2 heterocycles. The fourth-order valence-corrected chi connectivity index (χ4v) is 6.14. The highest BCUT2D eigenvalue weighted by Gasteiger charge is 2.22. The topological polar surface area (TPSA) is 57.4 Å². The van der Waals surface area contributed by atoms with Crippen LogP contribution >= 0.6 is 0 Å². The average molecular weight is 515 g/mol. The Bertz CT molecular complexity index is 2000. The number of fused-ring (bicyclic) bond motifs is 6. The van der Waals surface area contributed by atoms with Gasteiger partial charge in [-0.2, -0.15) is 10.5 Å². The minimum atomic E-state index is 0.364. The monoisotopic (exact) mass is 514 g/mol. The summed E-state index contributed by atoms with van der Waals surface area (Å²) < 4.78 is 4.50. The van der Waals surface area contributed by atoms with Gasteiger partial charge in [0.25, 0.3) is 0 Å². The quantitative estimate of drug-likeness (QED) is 0.231. The third-order valence-corrected chi connectivity index (χ3v) is 7.99. The number of aryl methyl sites for hydroxylation is 4. The molecule has 4 heteroatoms. The molecule has 0 aliphatic carbocycles. The van der Waals surface area contributed by atoms with Crippen LogP contribution in [-0.2, 0) is 0 Å². The zero-order valence-electron chi connectivity index (χ0n) is 22.9. The Labute approximate surface area is 232 Å². The van der Waals surface area contributed by atoms with Gasteiger partial charge in [0, 0.05) is 21.5 Å². The molecule has 0 spiro atoms. The molecule has 2 aromatic heterocycles. The zero-order chi connectivity index (χ0) is 27.7. The number of benzene rings is 5. The molecule has 0 bridgehead atoms. The van der Waals surface area contributed by atoms with Crippen molar-refractivity contribution in [3.05, 3.63) is 118 Å². The largest absolute Gasteiger partial charge is 0.307 e. The molecule has 0 saturated carbocycles. The number of nitriles is 2. The average Bonchev–Trinajstić information content (AvgIpc) is 3.43. The van der Waals surface area contributed by atoms with E-state index in [1.165, 1.54) is 43.8 Å². The van der Waals surface area contributed by atoms with E-state index in [-0.39, 0.29) is 0 Å². The van der Waals surface area contributed by atoms with Gasteiger partial charge in [0.05, 0.1) is 44.6 Å². The van der Waals surface area contributed by atoms with Crippen LogP contribution in [0, 0.1) is 50.4 Å². The fraction of sp³-hybridized carbons (Fsp3) is 0.111. The van der Waals surface area contributed by atoms with Crippen LogP contribution in [0.25, 0.3) is 55.0 Å². The summed E-state index contributed by atoms with van der Waals surface area (Å²) in [6, 6.07) is 34.4. The van der Waals surface area contributed by atoms with Gasteiger partial charge in [0.2, 0.25) is 0 Å². The first-order valence-electron chi connectivity index (χ1n) is 13.4. The van der Waals surface area contributed by atoms with E-state index in [2.05, 4.69) is 122 Å². The van der Waals surface area contributed by atoms with Gasteiger partial charge in [0.15, 0.2) is 0 Å². The van der Waals surface area contributed by atoms with Gasteiger partial charge in [-0.25, -0.2) is 0 Å². The minimum absolute atomic E-state index is 0.364. The summed E-state index contributed by atoms with van der Waals surface area (Å²) in [5.41, 5.74) is 11.5. The second-order valence-electron chi connectivity index (χ2n) is 10.9. The Balaban J connectivity index is 1.71. The second kappa shape index (κ2) is 8.60. The zero-order valence-corrected chi connectivity index (χ0v) is 22.9. The summed E-state index contributed by atoms with van der Waals surface area (Å²) in [5.74, 6) is 0. The van der Waals surface area contributed by atoms with Gasteiger partial charge in [-0.1, -0.05) is 46.5 Å². The molecule has 40 heavy (non-hydrogen) atoms. The number of nitrogens with zero attached hydrogens (tertiary/aromatic N) is 4. The minimum Gasteiger partial charge on any atom is -0.307 e. The Morgan fingerprint density at radius 3 is 0.950 bits per heavy atom. The third kappa shape index (κ3) is 3.37. The molecular formula is C36H26N4. The lowest BCUT2D eigenvalue weighted by Crippen LogP contribution is -2.05. The van der Waals surface area contributed by atoms with Crippen molar-refractivity contribution >= 4 is 43.6 Å². The van der Waals surface area contributed by atoms with E-state index in [4.69, 9.17) is 0 Å². The normalized spacial score (nSPS) is 11.4. The molecule has 0 aliphatic rings. The van der Waals surface area contributed by atoms with Crippen LogP contribution in [0.2, 0.25) is 0 Å². The number of rotatable bonds is 2. The van der Waals surface area contributed by atoms with Crippen molar-refractivity contribution in [3.8, 4) is 23.5 Å². The predicted octanol–water partition coefficient (Wildman–Crippen LogP) is 8.86. The van der Waals surface area contributed by atoms with Crippen LogP contribution in [0.15, 0.2) is 84.9 Å². The standard InChI is InChI=1S/C36H26N4/c1-21-5-9-31-27(13-21)28-14-22(2)6-10-32(28)39(31)35-17-25(19-37)26(20-38)18-36(35)40-33-11-7-23(3)15-29(33)30-16-24(4)8-12-34(30)40/h5-18H,1-4H3. The molecule has 0 radical (unpaired) electrons. The summed E-state index contributed by atoms with van der Waals surface area (Å²) in [7, 11) is 0. The smallest absolute Gasteiger partial charge is 0.101 e. The Kier molecular flexibility index (Phi) is 5.11. The lowest BCUT2D eigenvalue weighted by molar-refractivity contribution is 1.09. The number of aromatic nitrogens is 2. The van der Waals surface area contributed by atoms with E-state index in [1.54, 1.807) is 0 Å². The summed E-state index contributed by atoms with van der Waals surface area (Å²) >= 11 is 0. The van der Waals surface area contributed by atoms with E-state index < -0.39 is 0 Å². The van der Waals surface area contributed by atoms with Crippen LogP contribution in [0.4, 0.5) is 0 Å². The van der Waals surface area contributed by atoms with Gasteiger partial charge >= 0.3 is 0 Å². The van der Waals surface area contributed by atoms with Crippen LogP contribution in [0.5, 0.6) is 0 Å². The Hall–Kier alpha value is -5.32. The van der Waals surface area contributed by atoms with Crippen LogP contribution < -0.4 is 0 Å². The third-order valence-electron chi connectivity index (χ3n) is 7.99. The molecule has 0 atom stereocenters. The molecular weight excluding hydrogens is 488 g/mol. The van der Waals surface area contributed by atoms with Gasteiger partial charge in [0.1, 0.15) is 12.1 Å². The highest BCUT2D eigenvalue weighted by Crippen LogP contribution is 2.40. The molecule has 0 N–H and O–H groups in total. The Morgan fingerprint density at radius 2 is 0.700 bits per heavy atom. The highest BCUT2D eigenvalue weighted by atomic mass is 15.1. The van der Waals surface area contributed by atoms with E-state index in [0.717, 1.165) is 33.4 Å². The summed E-state index contributed by atoms with van der Waals surface area (Å²) in [6.07, 6.45) is 0. The van der Waals surface area contributed by atoms with Gasteiger partial charge in [-0.15, -0.1) is 0 Å². The van der Waals surface area contributed by atoms with Crippen molar-refractivity contribution in [2.75, 3.05) is 0 Å². The van der Waals surface area contributed by atoms with E-state index in [9.17, 15) is 10.5 Å². The Morgan fingerprint density at radius 1 is 0.425 bits per heavy atom. The van der Waals surface area contributed by atoms with Crippen molar-refractivity contribution in [3.63, 3.8) is 0 Å². The van der Waals surface area contributed by atoms with Crippen molar-refractivity contribution in [2.24, 2.45) is 0 Å². The first-order chi connectivity index (χ1) is 19.4. The molecule has 0 aliphatic heterocycles. The number of hydrogen-bond acceptors (Lipinski definition) is 2. The highest BCUT2D eigenvalue weighted by molar-refractivity contribution is 6.12. The molecule has 0 fully saturated rings. The van der Waals surface area contributed by atoms with Crippen molar-refractivity contribution in [2.45, 2.75) is 27.7 Å². The molecule has 4 nitrogen and oxygen atoms in total. The van der Waals surface area contributed by atoms with Crippen molar-refractivity contribution < 1.29 is 0 Å². The van der Waals surface area contributed by atoms with Crippen LogP contribution in [0.1, 0.15) is 33.4 Å². The van der Waals surface area contributed by atoms with E-state index in [1.807, 2.05) is 12.1 Å². The molecule has 0 saturated heterocycles. The summed E-state index contributed by atoms with van der Waals surface area (Å²) in [5, 5.41) is 24.8. The molecule has 7 rings (SSSR count). The predicted molar refractivity (Wildman–Crippen MR) is 163 cm³/mol. The maximum absolute atomic E-state index is 10.1. The number of hydrogen-bond donors (Lipinski definition) is 0. The molecule has 7 aromatic rings. The first kappa shape index (κ1) is 23.8. The maximum atomic E-state index is 10.1. The maximum Gasteiger partial charge on any atom is 0.101 e. The lowest BCUT2D eigenvalue weighted by Gasteiger charge is -2.18. The SMILES string of the molecule is Cc1ccc2c(c1)c1cc(C)ccc1n2-c1cc(C#N)c(C#N)cc1-n1c2ccc(C)cc2c2cc(C)ccc21. The summed E-state index contributed by atoms with van der Waals surface area (Å²) in [6.45, 7) is 8.45. The van der Waals surface area contributed by atoms with Crippen LogP contribution in [0.3, 0.4) is 0 Å². The van der Waals surface area contributed by atoms with Gasteiger partial charge < -0.3 is 9.13 Å². The fourth-order valence-electron chi connectivity index (χ4n) is 6.14. The van der Waals surface area contributed by atoms with Gasteiger partial charge in [-0.05, 0) is 88.4 Å². The molecule has 5 aromatic carbocycles. The summed E-state index contributed by atoms with van der Waals surface area (Å²) in [4.78, 5) is 0. The van der Waals surface area contributed by atoms with Crippen molar-refractivity contribution in [1.29, 1.82) is 10.5 Å². The second-order valence-corrected chi connectivity index (χ2v) is 10.9. The molecule has 0 amide bonds. The van der Waals surface area contributed by atoms with Gasteiger partial charge in [-0.3, -0.25) is 0 Å². The first-order valence-corrected chi connectivity index (χ1v) is 13.4. The van der Waals surface area contributed by atoms with E-state index >= 15 is 0 Å². The van der Waals surface area contributed by atoms with E-state index in [0.29, 0.717) is 11.1 Å². The van der Waals surface area contributed by atoms with Crippen LogP contribution in [-0.4, -0.2) is 9.13 Å². The molecule has 190 valence electrons. The lowest BCUT2D eigenvalue weighted by atomic mass is 10.1.